The Morgan fingerprint density at radius 3 is 2.57 bits per heavy atom. The summed E-state index contributed by atoms with van der Waals surface area (Å²) in [5, 5.41) is 6.25. The Morgan fingerprint density at radius 2 is 1.91 bits per heavy atom. The van der Waals surface area contributed by atoms with Crippen LogP contribution in [-0.4, -0.2) is 12.1 Å². The molecule has 3 aromatic rings. The van der Waals surface area contributed by atoms with Crippen LogP contribution in [0, 0.1) is 3.57 Å². The van der Waals surface area contributed by atoms with Crippen LogP contribution in [0.3, 0.4) is 0 Å². The van der Waals surface area contributed by atoms with Crippen molar-refractivity contribution in [1.29, 1.82) is 0 Å². The molecule has 1 aromatic heterocycles. The Hall–Kier alpha value is -0.640. The van der Waals surface area contributed by atoms with Gasteiger partial charge in [0, 0.05) is 20.2 Å². The Kier molecular flexibility index (Phi) is 6.87. The second-order valence-corrected chi connectivity index (χ2v) is 7.48. The Balaban J connectivity index is 0.00000192. The van der Waals surface area contributed by atoms with Crippen molar-refractivity contribution in [2.24, 2.45) is 0 Å². The Bertz CT molecular complexity index is 793. The van der Waals surface area contributed by atoms with Gasteiger partial charge in [-0.05, 0) is 81.0 Å². The highest BCUT2D eigenvalue weighted by Crippen LogP contribution is 2.32. The number of rotatable bonds is 4. The third kappa shape index (κ3) is 4.68. The van der Waals surface area contributed by atoms with E-state index in [0.717, 1.165) is 32.3 Å². The van der Waals surface area contributed by atoms with Crippen molar-refractivity contribution in [3.05, 3.63) is 55.9 Å². The van der Waals surface area contributed by atoms with Gasteiger partial charge in [-0.25, -0.2) is 4.98 Å². The second kappa shape index (κ2) is 8.46. The van der Waals surface area contributed by atoms with Gasteiger partial charge in [-0.15, -0.1) is 28.3 Å². The molecular formula is C16H13Br2IN2OS. The van der Waals surface area contributed by atoms with Gasteiger partial charge in [0.2, 0.25) is 0 Å². The number of nitrogens with one attached hydrogen (secondary N) is 1. The van der Waals surface area contributed by atoms with Crippen LogP contribution in [0.15, 0.2) is 52.3 Å². The van der Waals surface area contributed by atoms with E-state index in [4.69, 9.17) is 4.74 Å². The van der Waals surface area contributed by atoms with Crippen molar-refractivity contribution in [2.45, 2.75) is 0 Å². The monoisotopic (exact) mass is 566 g/mol. The van der Waals surface area contributed by atoms with Crippen LogP contribution in [0.2, 0.25) is 0 Å². The van der Waals surface area contributed by atoms with E-state index >= 15 is 0 Å². The molecule has 0 unspecified atom stereocenters. The van der Waals surface area contributed by atoms with Gasteiger partial charge in [-0.1, -0.05) is 0 Å². The topological polar surface area (TPSA) is 34.1 Å². The highest BCUT2D eigenvalue weighted by atomic mass is 127. The molecule has 1 heterocycles. The van der Waals surface area contributed by atoms with E-state index in [1.165, 1.54) is 3.57 Å². The van der Waals surface area contributed by atoms with Crippen LogP contribution < -0.4 is 10.1 Å². The Morgan fingerprint density at radius 1 is 1.17 bits per heavy atom. The zero-order valence-electron chi connectivity index (χ0n) is 12.0. The van der Waals surface area contributed by atoms with Gasteiger partial charge >= 0.3 is 0 Å². The number of halogens is 3. The summed E-state index contributed by atoms with van der Waals surface area (Å²) in [5.41, 5.74) is 3.04. The summed E-state index contributed by atoms with van der Waals surface area (Å²) in [6, 6.07) is 14.2. The molecular weight excluding hydrogens is 555 g/mol. The summed E-state index contributed by atoms with van der Waals surface area (Å²) in [5.74, 6) is 0.816. The van der Waals surface area contributed by atoms with Crippen molar-refractivity contribution < 1.29 is 4.74 Å². The quantitative estimate of drug-likeness (QED) is 0.365. The maximum absolute atomic E-state index is 5.25. The molecule has 0 radical (unpaired) electrons. The molecule has 0 spiro atoms. The molecule has 120 valence electrons. The smallest absolute Gasteiger partial charge is 0.187 e. The van der Waals surface area contributed by atoms with Crippen LogP contribution in [0.25, 0.3) is 11.3 Å². The fourth-order valence-corrected chi connectivity index (χ4v) is 3.59. The maximum atomic E-state index is 5.25. The van der Waals surface area contributed by atoms with Crippen LogP contribution in [0.5, 0.6) is 5.75 Å². The minimum absolute atomic E-state index is 0. The molecule has 0 amide bonds. The minimum Gasteiger partial charge on any atom is -0.496 e. The van der Waals surface area contributed by atoms with E-state index in [1.54, 1.807) is 18.4 Å². The SMILES string of the molecule is Br.COc1ccc(-c2csc(Nc3ccc(I)cc3)n2)cc1Br. The maximum Gasteiger partial charge on any atom is 0.187 e. The standard InChI is InChI=1S/C16H12BrIN2OS.BrH/c1-21-15-7-2-10(8-13(15)17)14-9-22-16(20-14)19-12-5-3-11(18)4-6-12;/h2-9H,1H3,(H,19,20);1H. The first-order valence-electron chi connectivity index (χ1n) is 6.48. The molecule has 1 N–H and O–H groups in total. The molecule has 0 saturated heterocycles. The molecule has 0 aliphatic heterocycles. The predicted octanol–water partition coefficient (Wildman–Crippen LogP) is 6.51. The van der Waals surface area contributed by atoms with Crippen LogP contribution in [-0.2, 0) is 0 Å². The van der Waals surface area contributed by atoms with Gasteiger partial charge in [0.25, 0.3) is 0 Å². The summed E-state index contributed by atoms with van der Waals surface area (Å²) >= 11 is 7.39. The normalized spacial score (nSPS) is 10.0. The molecule has 0 saturated carbocycles. The molecule has 0 atom stereocenters. The molecule has 3 rings (SSSR count). The number of hydrogen-bond donors (Lipinski definition) is 1. The number of nitrogens with zero attached hydrogens (tertiary/aromatic N) is 1. The van der Waals surface area contributed by atoms with Gasteiger partial charge in [0.05, 0.1) is 17.3 Å². The lowest BCUT2D eigenvalue weighted by molar-refractivity contribution is 0.412. The zero-order valence-corrected chi connectivity index (χ0v) is 18.3. The summed E-state index contributed by atoms with van der Waals surface area (Å²) in [7, 11) is 1.66. The first-order chi connectivity index (χ1) is 10.7. The molecule has 2 aromatic carbocycles. The zero-order chi connectivity index (χ0) is 15.5. The van der Waals surface area contributed by atoms with Crippen molar-refractivity contribution in [3.63, 3.8) is 0 Å². The van der Waals surface area contributed by atoms with E-state index in [2.05, 4.69) is 61.0 Å². The fourth-order valence-electron chi connectivity index (χ4n) is 1.95. The van der Waals surface area contributed by atoms with Gasteiger partial charge in [0.15, 0.2) is 5.13 Å². The van der Waals surface area contributed by atoms with Crippen LogP contribution in [0.4, 0.5) is 10.8 Å². The lowest BCUT2D eigenvalue weighted by Crippen LogP contribution is -1.90. The molecule has 0 fully saturated rings. The van der Waals surface area contributed by atoms with Crippen molar-refractivity contribution in [3.8, 4) is 17.0 Å². The highest BCUT2D eigenvalue weighted by molar-refractivity contribution is 14.1. The Labute approximate surface area is 171 Å². The molecule has 0 aliphatic rings. The average Bonchev–Trinajstić information content (AvgIpc) is 2.98. The van der Waals surface area contributed by atoms with Gasteiger partial charge in [0.1, 0.15) is 5.75 Å². The van der Waals surface area contributed by atoms with Crippen molar-refractivity contribution in [2.75, 3.05) is 12.4 Å². The fraction of sp³-hybridized carbons (Fsp3) is 0.0625. The van der Waals surface area contributed by atoms with Crippen molar-refractivity contribution in [1.82, 2.24) is 4.98 Å². The number of hydrogen-bond acceptors (Lipinski definition) is 4. The van der Waals surface area contributed by atoms with Gasteiger partial charge < -0.3 is 10.1 Å². The molecule has 23 heavy (non-hydrogen) atoms. The first kappa shape index (κ1) is 18.7. The number of anilines is 2. The van der Waals surface area contributed by atoms with Crippen molar-refractivity contribution >= 4 is 77.7 Å². The van der Waals surface area contributed by atoms with E-state index in [-0.39, 0.29) is 17.0 Å². The lowest BCUT2D eigenvalue weighted by atomic mass is 10.2. The van der Waals surface area contributed by atoms with Gasteiger partial charge in [-0.3, -0.25) is 0 Å². The average molecular weight is 568 g/mol. The molecule has 0 bridgehead atoms. The summed E-state index contributed by atoms with van der Waals surface area (Å²) < 4.78 is 7.39. The van der Waals surface area contributed by atoms with Crippen LogP contribution in [0.1, 0.15) is 0 Å². The number of ether oxygens (including phenoxy) is 1. The lowest BCUT2D eigenvalue weighted by Gasteiger charge is -2.04. The molecule has 7 heteroatoms. The third-order valence-corrected chi connectivity index (χ3v) is 5.14. The van der Waals surface area contributed by atoms with E-state index in [9.17, 15) is 0 Å². The van der Waals surface area contributed by atoms with E-state index in [0.29, 0.717) is 0 Å². The number of thiazole rings is 1. The van der Waals surface area contributed by atoms with E-state index < -0.39 is 0 Å². The number of aromatic nitrogens is 1. The molecule has 3 nitrogen and oxygen atoms in total. The largest absolute Gasteiger partial charge is 0.496 e. The van der Waals surface area contributed by atoms with Crippen LogP contribution >= 0.6 is 66.8 Å². The number of methoxy groups -OCH3 is 1. The summed E-state index contributed by atoms with van der Waals surface area (Å²) in [6.45, 7) is 0. The second-order valence-electron chi connectivity index (χ2n) is 4.52. The summed E-state index contributed by atoms with van der Waals surface area (Å²) in [4.78, 5) is 4.64. The first-order valence-corrected chi connectivity index (χ1v) is 9.23. The molecule has 0 aliphatic carbocycles. The third-order valence-electron chi connectivity index (χ3n) is 3.05. The summed E-state index contributed by atoms with van der Waals surface area (Å²) in [6.07, 6.45) is 0. The number of benzene rings is 2. The predicted molar refractivity (Wildman–Crippen MR) is 115 cm³/mol. The highest BCUT2D eigenvalue weighted by Gasteiger charge is 2.08. The van der Waals surface area contributed by atoms with E-state index in [1.807, 2.05) is 35.7 Å². The van der Waals surface area contributed by atoms with Gasteiger partial charge in [-0.2, -0.15) is 0 Å². The minimum atomic E-state index is 0.